The Bertz CT molecular complexity index is 590. The molecule has 0 heterocycles. The third-order valence-corrected chi connectivity index (χ3v) is 3.66. The van der Waals surface area contributed by atoms with Crippen molar-refractivity contribution in [1.82, 2.24) is 0 Å². The van der Waals surface area contributed by atoms with Gasteiger partial charge in [0.15, 0.2) is 0 Å². The van der Waals surface area contributed by atoms with E-state index in [0.717, 1.165) is 11.1 Å². The topological polar surface area (TPSA) is 17.1 Å². The second-order valence-electron chi connectivity index (χ2n) is 4.61. The van der Waals surface area contributed by atoms with Crippen LogP contribution in [-0.4, -0.2) is 5.78 Å². The lowest BCUT2D eigenvalue weighted by Gasteiger charge is -2.05. The smallest absolute Gasteiger partial charge is 0.141 e. The molecule has 0 fully saturated rings. The van der Waals surface area contributed by atoms with Crippen molar-refractivity contribution in [1.29, 1.82) is 0 Å². The van der Waals surface area contributed by atoms with Gasteiger partial charge >= 0.3 is 0 Å². The lowest BCUT2D eigenvalue weighted by Crippen LogP contribution is -2.07. The molecule has 3 heteroatoms. The fourth-order valence-electron chi connectivity index (χ4n) is 1.87. The second-order valence-corrected chi connectivity index (χ2v) is 5.47. The summed E-state index contributed by atoms with van der Waals surface area (Å²) in [6, 6.07) is 12.3. The van der Waals surface area contributed by atoms with Crippen molar-refractivity contribution in [3.8, 4) is 0 Å². The van der Waals surface area contributed by atoms with Crippen molar-refractivity contribution in [2.75, 3.05) is 0 Å². The van der Waals surface area contributed by atoms with E-state index in [4.69, 9.17) is 0 Å². The molecule has 0 spiro atoms. The lowest BCUT2D eigenvalue weighted by atomic mass is 10.0. The number of halogens is 2. The second kappa shape index (κ2) is 6.11. The van der Waals surface area contributed by atoms with E-state index in [1.54, 1.807) is 6.07 Å². The number of hydrogen-bond acceptors (Lipinski definition) is 1. The SMILES string of the molecule is Cc1ccc(CC(=O)Cc2ccc(F)cc2Br)cc1. The zero-order valence-electron chi connectivity index (χ0n) is 10.6. The molecule has 0 aliphatic heterocycles. The summed E-state index contributed by atoms with van der Waals surface area (Å²) >= 11 is 3.28. The van der Waals surface area contributed by atoms with Crippen LogP contribution in [0.4, 0.5) is 4.39 Å². The van der Waals surface area contributed by atoms with Crippen molar-refractivity contribution >= 4 is 21.7 Å². The summed E-state index contributed by atoms with van der Waals surface area (Å²) in [4.78, 5) is 12.0. The van der Waals surface area contributed by atoms with E-state index < -0.39 is 0 Å². The molecular weight excluding hydrogens is 307 g/mol. The predicted octanol–water partition coefficient (Wildman–Crippen LogP) is 4.25. The highest BCUT2D eigenvalue weighted by molar-refractivity contribution is 9.10. The highest BCUT2D eigenvalue weighted by Gasteiger charge is 2.08. The van der Waals surface area contributed by atoms with Crippen LogP contribution in [-0.2, 0) is 17.6 Å². The lowest BCUT2D eigenvalue weighted by molar-refractivity contribution is -0.117. The Morgan fingerprint density at radius 1 is 1.11 bits per heavy atom. The van der Waals surface area contributed by atoms with Gasteiger partial charge in [-0.1, -0.05) is 51.8 Å². The number of hydrogen-bond donors (Lipinski definition) is 0. The Hall–Kier alpha value is -1.48. The summed E-state index contributed by atoms with van der Waals surface area (Å²) in [5, 5.41) is 0. The molecule has 0 aromatic heterocycles. The normalized spacial score (nSPS) is 10.5. The Balaban J connectivity index is 2.03. The average Bonchev–Trinajstić information content (AvgIpc) is 2.36. The molecule has 0 atom stereocenters. The number of carbonyl (C=O) groups is 1. The third kappa shape index (κ3) is 4.00. The van der Waals surface area contributed by atoms with E-state index >= 15 is 0 Å². The van der Waals surface area contributed by atoms with E-state index in [9.17, 15) is 9.18 Å². The van der Waals surface area contributed by atoms with E-state index in [0.29, 0.717) is 17.3 Å². The van der Waals surface area contributed by atoms with Gasteiger partial charge in [0.2, 0.25) is 0 Å². The Morgan fingerprint density at radius 2 is 1.79 bits per heavy atom. The summed E-state index contributed by atoms with van der Waals surface area (Å²) < 4.78 is 13.6. The molecule has 0 amide bonds. The van der Waals surface area contributed by atoms with Crippen molar-refractivity contribution < 1.29 is 9.18 Å². The molecule has 98 valence electrons. The number of Topliss-reactive ketones (excluding diaryl/α,β-unsaturated/α-hetero) is 1. The summed E-state index contributed by atoms with van der Waals surface area (Å²) in [5.74, 6) is -0.183. The number of aryl methyl sites for hydroxylation is 1. The number of ketones is 1. The summed E-state index contributed by atoms with van der Waals surface area (Å²) in [5.41, 5.74) is 3.00. The maximum Gasteiger partial charge on any atom is 0.141 e. The standard InChI is InChI=1S/C16H14BrFO/c1-11-2-4-12(5-3-11)8-15(19)9-13-6-7-14(18)10-16(13)17/h2-7,10H,8-9H2,1H3. The van der Waals surface area contributed by atoms with E-state index in [1.807, 2.05) is 31.2 Å². The molecule has 19 heavy (non-hydrogen) atoms. The van der Waals surface area contributed by atoms with Gasteiger partial charge in [-0.25, -0.2) is 4.39 Å². The van der Waals surface area contributed by atoms with E-state index in [2.05, 4.69) is 15.9 Å². The first kappa shape index (κ1) is 13.9. The van der Waals surface area contributed by atoms with Gasteiger partial charge in [0, 0.05) is 17.3 Å². The average molecular weight is 321 g/mol. The first-order valence-corrected chi connectivity index (χ1v) is 6.85. The molecule has 2 rings (SSSR count). The molecule has 0 unspecified atom stereocenters. The van der Waals surface area contributed by atoms with Crippen molar-refractivity contribution in [2.24, 2.45) is 0 Å². The fourth-order valence-corrected chi connectivity index (χ4v) is 2.36. The van der Waals surface area contributed by atoms with Crippen LogP contribution >= 0.6 is 15.9 Å². The van der Waals surface area contributed by atoms with Crippen LogP contribution in [0.15, 0.2) is 46.9 Å². The number of carbonyl (C=O) groups excluding carboxylic acids is 1. The van der Waals surface area contributed by atoms with Gasteiger partial charge in [0.05, 0.1) is 0 Å². The molecule has 1 nitrogen and oxygen atoms in total. The summed E-state index contributed by atoms with van der Waals surface area (Å²) in [6.07, 6.45) is 0.721. The largest absolute Gasteiger partial charge is 0.299 e. The minimum Gasteiger partial charge on any atom is -0.299 e. The molecule has 0 aliphatic carbocycles. The van der Waals surface area contributed by atoms with Crippen LogP contribution in [0.1, 0.15) is 16.7 Å². The minimum absolute atomic E-state index is 0.121. The van der Waals surface area contributed by atoms with Gasteiger partial charge in [0.1, 0.15) is 11.6 Å². The maximum atomic E-state index is 13.0. The van der Waals surface area contributed by atoms with Crippen LogP contribution in [0.2, 0.25) is 0 Å². The van der Waals surface area contributed by atoms with Crippen molar-refractivity contribution in [3.05, 3.63) is 69.4 Å². The molecular formula is C16H14BrFO. The molecule has 2 aromatic carbocycles. The van der Waals surface area contributed by atoms with Gasteiger partial charge in [-0.15, -0.1) is 0 Å². The molecule has 2 aromatic rings. The highest BCUT2D eigenvalue weighted by atomic mass is 79.9. The predicted molar refractivity (Wildman–Crippen MR) is 77.7 cm³/mol. The van der Waals surface area contributed by atoms with E-state index in [-0.39, 0.29) is 11.6 Å². The highest BCUT2D eigenvalue weighted by Crippen LogP contribution is 2.19. The first-order chi connectivity index (χ1) is 9.04. The van der Waals surface area contributed by atoms with Gasteiger partial charge in [-0.05, 0) is 30.2 Å². The Morgan fingerprint density at radius 3 is 2.42 bits per heavy atom. The zero-order chi connectivity index (χ0) is 13.8. The van der Waals surface area contributed by atoms with Gasteiger partial charge in [-0.3, -0.25) is 4.79 Å². The van der Waals surface area contributed by atoms with Gasteiger partial charge in [-0.2, -0.15) is 0 Å². The first-order valence-electron chi connectivity index (χ1n) is 6.06. The van der Waals surface area contributed by atoms with Crippen LogP contribution in [0, 0.1) is 12.7 Å². The molecule has 0 N–H and O–H groups in total. The van der Waals surface area contributed by atoms with Gasteiger partial charge < -0.3 is 0 Å². The van der Waals surface area contributed by atoms with Crippen LogP contribution in [0.25, 0.3) is 0 Å². The number of rotatable bonds is 4. The monoisotopic (exact) mass is 320 g/mol. The third-order valence-electron chi connectivity index (χ3n) is 2.92. The van der Waals surface area contributed by atoms with Gasteiger partial charge in [0.25, 0.3) is 0 Å². The minimum atomic E-state index is -0.304. The van der Waals surface area contributed by atoms with Crippen LogP contribution < -0.4 is 0 Å². The fraction of sp³-hybridized carbons (Fsp3) is 0.188. The molecule has 0 aliphatic rings. The van der Waals surface area contributed by atoms with E-state index in [1.165, 1.54) is 17.7 Å². The summed E-state index contributed by atoms with van der Waals surface area (Å²) in [7, 11) is 0. The van der Waals surface area contributed by atoms with Crippen molar-refractivity contribution in [3.63, 3.8) is 0 Å². The molecule has 0 saturated carbocycles. The Labute approximate surface area is 120 Å². The summed E-state index contributed by atoms with van der Waals surface area (Å²) in [6.45, 7) is 2.02. The maximum absolute atomic E-state index is 13.0. The molecule has 0 radical (unpaired) electrons. The Kier molecular flexibility index (Phi) is 4.48. The van der Waals surface area contributed by atoms with Crippen LogP contribution in [0.3, 0.4) is 0 Å². The zero-order valence-corrected chi connectivity index (χ0v) is 12.2. The molecule has 0 saturated heterocycles. The molecule has 0 bridgehead atoms. The quantitative estimate of drug-likeness (QED) is 0.823. The van der Waals surface area contributed by atoms with Crippen LogP contribution in [0.5, 0.6) is 0 Å². The number of benzene rings is 2. The van der Waals surface area contributed by atoms with Crippen molar-refractivity contribution in [2.45, 2.75) is 19.8 Å².